The van der Waals surface area contributed by atoms with Gasteiger partial charge in [0.25, 0.3) is 0 Å². The Kier molecular flexibility index (Phi) is 7.36. The van der Waals surface area contributed by atoms with E-state index in [1.54, 1.807) is 0 Å². The highest BCUT2D eigenvalue weighted by Crippen LogP contribution is 2.34. The summed E-state index contributed by atoms with van der Waals surface area (Å²) in [6.07, 6.45) is 0.889. The molecule has 5 nitrogen and oxygen atoms in total. The molecule has 1 heterocycles. The lowest BCUT2D eigenvalue weighted by atomic mass is 9.84. The van der Waals surface area contributed by atoms with Crippen LogP contribution in [0.1, 0.15) is 39.7 Å². The van der Waals surface area contributed by atoms with Crippen molar-refractivity contribution in [3.63, 3.8) is 0 Å². The molecule has 2 atom stereocenters. The standard InChI is InChI=1S/C18H28N2O3.ClH/c1-5-12(2)16(19)17(21)20-11-18(3,4)13-6-7-14-15(10-13)23-9-8-22-14;/h6-7,10,12,16H,5,8-9,11,19H2,1-4H3,(H,20,21);1H. The Morgan fingerprint density at radius 2 is 1.92 bits per heavy atom. The van der Waals surface area contributed by atoms with Crippen molar-refractivity contribution in [3.05, 3.63) is 23.8 Å². The van der Waals surface area contributed by atoms with E-state index in [2.05, 4.69) is 19.2 Å². The van der Waals surface area contributed by atoms with Crippen molar-refractivity contribution in [2.24, 2.45) is 11.7 Å². The maximum atomic E-state index is 12.2. The third-order valence-corrected chi connectivity index (χ3v) is 4.59. The molecule has 2 unspecified atom stereocenters. The molecule has 24 heavy (non-hydrogen) atoms. The number of ether oxygens (including phenoxy) is 2. The van der Waals surface area contributed by atoms with Gasteiger partial charge in [0, 0.05) is 12.0 Å². The molecule has 0 aromatic heterocycles. The van der Waals surface area contributed by atoms with Gasteiger partial charge in [-0.05, 0) is 23.6 Å². The Morgan fingerprint density at radius 3 is 2.54 bits per heavy atom. The number of nitrogens with one attached hydrogen (secondary N) is 1. The number of amides is 1. The Balaban J connectivity index is 0.00000288. The van der Waals surface area contributed by atoms with Gasteiger partial charge in [0.15, 0.2) is 11.5 Å². The third kappa shape index (κ3) is 4.77. The van der Waals surface area contributed by atoms with Crippen LogP contribution in [-0.4, -0.2) is 31.7 Å². The van der Waals surface area contributed by atoms with E-state index in [0.29, 0.717) is 19.8 Å². The van der Waals surface area contributed by atoms with E-state index in [1.165, 1.54) is 0 Å². The summed E-state index contributed by atoms with van der Waals surface area (Å²) in [6.45, 7) is 9.89. The molecule has 6 heteroatoms. The molecule has 0 radical (unpaired) electrons. The maximum absolute atomic E-state index is 12.2. The van der Waals surface area contributed by atoms with Crippen molar-refractivity contribution in [1.82, 2.24) is 5.32 Å². The SMILES string of the molecule is CCC(C)C(N)C(=O)NCC(C)(C)c1ccc2c(c1)OCCO2.Cl. The molecule has 0 fully saturated rings. The summed E-state index contributed by atoms with van der Waals surface area (Å²) in [7, 11) is 0. The molecule has 1 aromatic carbocycles. The highest BCUT2D eigenvalue weighted by atomic mass is 35.5. The highest BCUT2D eigenvalue weighted by Gasteiger charge is 2.26. The number of fused-ring (bicyclic) bond motifs is 1. The van der Waals surface area contributed by atoms with E-state index in [0.717, 1.165) is 23.5 Å². The van der Waals surface area contributed by atoms with Crippen LogP contribution >= 0.6 is 12.4 Å². The first-order valence-electron chi connectivity index (χ1n) is 8.28. The van der Waals surface area contributed by atoms with Crippen LogP contribution in [0.3, 0.4) is 0 Å². The third-order valence-electron chi connectivity index (χ3n) is 4.59. The van der Waals surface area contributed by atoms with Crippen molar-refractivity contribution in [3.8, 4) is 11.5 Å². The first-order valence-corrected chi connectivity index (χ1v) is 8.28. The fourth-order valence-corrected chi connectivity index (χ4v) is 2.50. The van der Waals surface area contributed by atoms with Gasteiger partial charge < -0.3 is 20.5 Å². The molecule has 0 bridgehead atoms. The van der Waals surface area contributed by atoms with Crippen LogP contribution in [0.4, 0.5) is 0 Å². The fraction of sp³-hybridized carbons (Fsp3) is 0.611. The molecule has 3 N–H and O–H groups in total. The Labute approximate surface area is 150 Å². The minimum Gasteiger partial charge on any atom is -0.486 e. The molecule has 2 rings (SSSR count). The van der Waals surface area contributed by atoms with E-state index in [4.69, 9.17) is 15.2 Å². The Hall–Kier alpha value is -1.46. The van der Waals surface area contributed by atoms with Crippen molar-refractivity contribution in [1.29, 1.82) is 0 Å². The molecule has 136 valence electrons. The molecule has 0 spiro atoms. The van der Waals surface area contributed by atoms with Crippen LogP contribution in [-0.2, 0) is 10.2 Å². The number of carbonyl (C=O) groups excluding carboxylic acids is 1. The lowest BCUT2D eigenvalue weighted by Crippen LogP contribution is -2.47. The second kappa shape index (κ2) is 8.58. The molecule has 0 saturated carbocycles. The summed E-state index contributed by atoms with van der Waals surface area (Å²) in [6, 6.07) is 5.48. The normalized spacial score (nSPS) is 15.9. The number of rotatable bonds is 6. The lowest BCUT2D eigenvalue weighted by Gasteiger charge is -2.29. The minimum absolute atomic E-state index is 0. The van der Waals surface area contributed by atoms with Crippen LogP contribution in [0.15, 0.2) is 18.2 Å². The topological polar surface area (TPSA) is 73.6 Å². The lowest BCUT2D eigenvalue weighted by molar-refractivity contribution is -0.123. The zero-order valence-corrected chi connectivity index (χ0v) is 15.7. The minimum atomic E-state index is -0.462. The van der Waals surface area contributed by atoms with Gasteiger partial charge in [0.2, 0.25) is 5.91 Å². The van der Waals surface area contributed by atoms with Crippen LogP contribution in [0.2, 0.25) is 0 Å². The second-order valence-corrected chi connectivity index (χ2v) is 6.87. The van der Waals surface area contributed by atoms with Crippen molar-refractivity contribution in [2.45, 2.75) is 45.6 Å². The fourth-order valence-electron chi connectivity index (χ4n) is 2.50. The highest BCUT2D eigenvalue weighted by molar-refractivity contribution is 5.85. The zero-order valence-electron chi connectivity index (χ0n) is 14.9. The Bertz CT molecular complexity index is 563. The predicted molar refractivity (Wildman–Crippen MR) is 98.1 cm³/mol. The molecule has 1 aliphatic heterocycles. The van der Waals surface area contributed by atoms with Gasteiger partial charge >= 0.3 is 0 Å². The van der Waals surface area contributed by atoms with E-state index in [1.807, 2.05) is 32.0 Å². The summed E-state index contributed by atoms with van der Waals surface area (Å²) in [4.78, 5) is 12.2. The monoisotopic (exact) mass is 356 g/mol. The van der Waals surface area contributed by atoms with Gasteiger partial charge in [0.05, 0.1) is 6.04 Å². The number of hydrogen-bond acceptors (Lipinski definition) is 4. The molecule has 0 aliphatic carbocycles. The van der Waals surface area contributed by atoms with Gasteiger partial charge in [-0.15, -0.1) is 12.4 Å². The zero-order chi connectivity index (χ0) is 17.0. The summed E-state index contributed by atoms with van der Waals surface area (Å²) >= 11 is 0. The molecule has 0 saturated heterocycles. The smallest absolute Gasteiger partial charge is 0.237 e. The largest absolute Gasteiger partial charge is 0.486 e. The summed E-state index contributed by atoms with van der Waals surface area (Å²) in [5.74, 6) is 1.63. The van der Waals surface area contributed by atoms with Crippen LogP contribution in [0.5, 0.6) is 11.5 Å². The summed E-state index contributed by atoms with van der Waals surface area (Å²) in [5.41, 5.74) is 6.86. The van der Waals surface area contributed by atoms with Gasteiger partial charge in [-0.2, -0.15) is 0 Å². The first kappa shape index (κ1) is 20.6. The van der Waals surface area contributed by atoms with E-state index in [-0.39, 0.29) is 29.6 Å². The van der Waals surface area contributed by atoms with Crippen molar-refractivity contribution < 1.29 is 14.3 Å². The number of benzene rings is 1. The average molecular weight is 357 g/mol. The van der Waals surface area contributed by atoms with Crippen molar-refractivity contribution >= 4 is 18.3 Å². The molecule has 1 aromatic rings. The number of hydrogen-bond donors (Lipinski definition) is 2. The van der Waals surface area contributed by atoms with E-state index in [9.17, 15) is 4.79 Å². The molecule has 1 aliphatic rings. The summed E-state index contributed by atoms with van der Waals surface area (Å²) < 4.78 is 11.2. The van der Waals surface area contributed by atoms with Gasteiger partial charge in [-0.1, -0.05) is 40.2 Å². The average Bonchev–Trinajstić information content (AvgIpc) is 2.57. The second-order valence-electron chi connectivity index (χ2n) is 6.87. The first-order chi connectivity index (χ1) is 10.8. The number of carbonyl (C=O) groups is 1. The summed E-state index contributed by atoms with van der Waals surface area (Å²) in [5, 5.41) is 2.98. The van der Waals surface area contributed by atoms with Gasteiger partial charge in [-0.25, -0.2) is 0 Å². The van der Waals surface area contributed by atoms with E-state index >= 15 is 0 Å². The number of halogens is 1. The molecule has 1 amide bonds. The van der Waals surface area contributed by atoms with Gasteiger partial charge in [-0.3, -0.25) is 4.79 Å². The maximum Gasteiger partial charge on any atom is 0.237 e. The van der Waals surface area contributed by atoms with Crippen LogP contribution < -0.4 is 20.5 Å². The van der Waals surface area contributed by atoms with Crippen molar-refractivity contribution in [2.75, 3.05) is 19.8 Å². The predicted octanol–water partition coefficient (Wildman–Crippen LogP) is 2.65. The Morgan fingerprint density at radius 1 is 1.29 bits per heavy atom. The molecular weight excluding hydrogens is 328 g/mol. The van der Waals surface area contributed by atoms with Crippen LogP contribution in [0.25, 0.3) is 0 Å². The van der Waals surface area contributed by atoms with Gasteiger partial charge in [0.1, 0.15) is 13.2 Å². The molecular formula is C18H29ClN2O3. The quantitative estimate of drug-likeness (QED) is 0.821. The number of nitrogens with two attached hydrogens (primary N) is 1. The van der Waals surface area contributed by atoms with E-state index < -0.39 is 6.04 Å². The van der Waals surface area contributed by atoms with Crippen LogP contribution in [0, 0.1) is 5.92 Å².